The summed E-state index contributed by atoms with van der Waals surface area (Å²) < 4.78 is 0. The summed E-state index contributed by atoms with van der Waals surface area (Å²) in [5, 5.41) is 59.1. The van der Waals surface area contributed by atoms with E-state index < -0.39 is 80.3 Å². The summed E-state index contributed by atoms with van der Waals surface area (Å²) in [5.74, 6) is -7.13. The standard InChI is InChI=1S/C35H36O8/c1-15(2)26-28(38)24(17(4)36)30(40)35(43)31(41)27-29(39)25-22(37)12-11-21(20-13-18-9-7-8-10-19(18)14-20)23(25)16(3)33(27,5)32(42)34(26,35)6/h7-13,15-16,26,32,37-38,41-43H,14H2,1-6H3/t16-,26?,32-,33+,34+,35+/m1/s1. The van der Waals surface area contributed by atoms with Crippen LogP contribution in [0.25, 0.3) is 11.6 Å². The number of Topliss-reactive ketones (excluding diaryl/α,β-unsaturated/α-hetero) is 3. The molecular formula is C35H36O8. The minimum absolute atomic E-state index is 0.0749. The number of allylic oxidation sites excluding steroid dienone is 2. The monoisotopic (exact) mass is 584 g/mol. The van der Waals surface area contributed by atoms with E-state index in [1.54, 1.807) is 33.8 Å². The first-order chi connectivity index (χ1) is 20.1. The van der Waals surface area contributed by atoms with Crippen molar-refractivity contribution >= 4 is 29.0 Å². The van der Waals surface area contributed by atoms with Crippen molar-refractivity contribution in [3.8, 4) is 5.75 Å². The molecule has 0 radical (unpaired) electrons. The first kappa shape index (κ1) is 29.1. The van der Waals surface area contributed by atoms with Crippen LogP contribution in [0.3, 0.4) is 0 Å². The third kappa shape index (κ3) is 3.25. The lowest BCUT2D eigenvalue weighted by Crippen LogP contribution is -2.73. The van der Waals surface area contributed by atoms with Gasteiger partial charge < -0.3 is 25.5 Å². The Bertz CT molecular complexity index is 1760. The second-order valence-corrected chi connectivity index (χ2v) is 13.3. The number of benzene rings is 2. The van der Waals surface area contributed by atoms with Crippen molar-refractivity contribution in [2.24, 2.45) is 22.7 Å². The van der Waals surface area contributed by atoms with E-state index in [4.69, 9.17) is 0 Å². The number of aliphatic hydroxyl groups excluding tert-OH is 3. The van der Waals surface area contributed by atoms with Gasteiger partial charge in [-0.25, -0.2) is 0 Å². The highest BCUT2D eigenvalue weighted by atomic mass is 16.4. The third-order valence-corrected chi connectivity index (χ3v) is 10.9. The number of carbonyl (C=O) groups excluding carboxylic acids is 3. The van der Waals surface area contributed by atoms with Crippen molar-refractivity contribution in [1.82, 2.24) is 0 Å². The number of phenols is 1. The van der Waals surface area contributed by atoms with Crippen LogP contribution in [-0.4, -0.2) is 54.6 Å². The van der Waals surface area contributed by atoms with Crippen LogP contribution in [-0.2, 0) is 16.0 Å². The number of hydrogen-bond acceptors (Lipinski definition) is 8. The fourth-order valence-electron chi connectivity index (χ4n) is 8.74. The molecule has 0 fully saturated rings. The number of aromatic hydroxyl groups is 1. The molecule has 8 heteroatoms. The molecular weight excluding hydrogens is 548 g/mol. The fourth-order valence-corrected chi connectivity index (χ4v) is 8.74. The second-order valence-electron chi connectivity index (χ2n) is 13.3. The zero-order valence-electron chi connectivity index (χ0n) is 25.0. The quantitative estimate of drug-likeness (QED) is 0.317. The smallest absolute Gasteiger partial charge is 0.209 e. The van der Waals surface area contributed by atoms with Gasteiger partial charge in [0.1, 0.15) is 22.8 Å². The molecule has 0 heterocycles. The maximum absolute atomic E-state index is 14.4. The van der Waals surface area contributed by atoms with Gasteiger partial charge in [-0.2, -0.15) is 0 Å². The Labute approximate surface area is 249 Å². The van der Waals surface area contributed by atoms with E-state index in [2.05, 4.69) is 0 Å². The van der Waals surface area contributed by atoms with E-state index in [1.165, 1.54) is 13.0 Å². The maximum atomic E-state index is 14.4. The van der Waals surface area contributed by atoms with E-state index in [0.29, 0.717) is 17.5 Å². The summed E-state index contributed by atoms with van der Waals surface area (Å²) >= 11 is 0. The Morgan fingerprint density at radius 3 is 2.28 bits per heavy atom. The average Bonchev–Trinajstić information content (AvgIpc) is 3.37. The van der Waals surface area contributed by atoms with Gasteiger partial charge in [-0.15, -0.1) is 0 Å². The molecule has 4 aliphatic rings. The minimum atomic E-state index is -2.90. The molecule has 2 aromatic carbocycles. The van der Waals surface area contributed by atoms with Crippen molar-refractivity contribution in [3.05, 3.63) is 86.9 Å². The number of fused-ring (bicyclic) bond motifs is 4. The van der Waals surface area contributed by atoms with E-state index in [9.17, 15) is 39.9 Å². The highest BCUT2D eigenvalue weighted by Gasteiger charge is 2.76. The van der Waals surface area contributed by atoms with Gasteiger partial charge >= 0.3 is 0 Å². The molecule has 0 spiro atoms. The molecule has 0 saturated carbocycles. The highest BCUT2D eigenvalue weighted by Crippen LogP contribution is 2.68. The molecule has 0 aliphatic heterocycles. The van der Waals surface area contributed by atoms with Crippen LogP contribution in [0.1, 0.15) is 80.1 Å². The van der Waals surface area contributed by atoms with Gasteiger partial charge in [0.15, 0.2) is 17.2 Å². The third-order valence-electron chi connectivity index (χ3n) is 10.9. The maximum Gasteiger partial charge on any atom is 0.209 e. The molecule has 8 nitrogen and oxygen atoms in total. The van der Waals surface area contributed by atoms with Crippen LogP contribution >= 0.6 is 0 Å². The van der Waals surface area contributed by atoms with Crippen LogP contribution in [0.2, 0.25) is 0 Å². The number of hydrogen-bond donors (Lipinski definition) is 5. The van der Waals surface area contributed by atoms with Crippen LogP contribution in [0.4, 0.5) is 0 Å². The minimum Gasteiger partial charge on any atom is -0.511 e. The number of carbonyl (C=O) groups is 3. The van der Waals surface area contributed by atoms with Crippen molar-refractivity contribution < 1.29 is 39.9 Å². The van der Waals surface area contributed by atoms with Crippen LogP contribution in [0.5, 0.6) is 5.75 Å². The number of phenolic OH excluding ortho intramolecular Hbond substituents is 1. The molecule has 0 aromatic heterocycles. The van der Waals surface area contributed by atoms with E-state index in [-0.39, 0.29) is 11.3 Å². The predicted octanol–water partition coefficient (Wildman–Crippen LogP) is 4.98. The van der Waals surface area contributed by atoms with Gasteiger partial charge in [-0.05, 0) is 59.1 Å². The summed E-state index contributed by atoms with van der Waals surface area (Å²) in [7, 11) is 0. The first-order valence-corrected chi connectivity index (χ1v) is 14.6. The van der Waals surface area contributed by atoms with Crippen LogP contribution in [0.15, 0.2) is 59.1 Å². The molecule has 0 saturated heterocycles. The zero-order chi connectivity index (χ0) is 31.5. The molecule has 1 unspecified atom stereocenters. The Morgan fingerprint density at radius 1 is 1.02 bits per heavy atom. The molecule has 0 amide bonds. The Morgan fingerprint density at radius 2 is 1.67 bits per heavy atom. The number of ketones is 3. The zero-order valence-corrected chi connectivity index (χ0v) is 25.0. The van der Waals surface area contributed by atoms with Gasteiger partial charge in [-0.1, -0.05) is 71.0 Å². The Balaban J connectivity index is 1.66. The van der Waals surface area contributed by atoms with Gasteiger partial charge in [0.2, 0.25) is 5.78 Å². The molecule has 43 heavy (non-hydrogen) atoms. The van der Waals surface area contributed by atoms with Gasteiger partial charge in [0.25, 0.3) is 0 Å². The summed E-state index contributed by atoms with van der Waals surface area (Å²) in [5.41, 5.74) is -3.30. The summed E-state index contributed by atoms with van der Waals surface area (Å²) in [6.45, 7) is 9.31. The molecule has 224 valence electrons. The lowest BCUT2D eigenvalue weighted by Gasteiger charge is -2.63. The van der Waals surface area contributed by atoms with E-state index >= 15 is 0 Å². The van der Waals surface area contributed by atoms with E-state index in [1.807, 2.05) is 30.3 Å². The number of rotatable bonds is 3. The SMILES string of the molecule is CC(=O)C1=C(O)C(C(C)C)[C@@]2(C)[C@H](O)[C@]3(C)C(=C(O)[C@@]2(O)C1=O)C(=O)c1c(O)ccc(C2=Cc4ccccc4C2)c1[C@H]3C. The van der Waals surface area contributed by atoms with Crippen molar-refractivity contribution in [1.29, 1.82) is 0 Å². The molecule has 6 atom stereocenters. The second kappa shape index (κ2) is 9.00. The molecule has 4 aliphatic carbocycles. The summed E-state index contributed by atoms with van der Waals surface area (Å²) in [4.78, 5) is 40.9. The van der Waals surface area contributed by atoms with Gasteiger partial charge in [0.05, 0.1) is 17.2 Å². The van der Waals surface area contributed by atoms with Crippen LogP contribution < -0.4 is 0 Å². The highest BCUT2D eigenvalue weighted by molar-refractivity contribution is 6.25. The van der Waals surface area contributed by atoms with Crippen molar-refractivity contribution in [3.63, 3.8) is 0 Å². The number of aliphatic hydroxyl groups is 4. The Kier molecular flexibility index (Phi) is 6.09. The Hall–Kier alpha value is -4.01. The van der Waals surface area contributed by atoms with Crippen LogP contribution in [0, 0.1) is 22.7 Å². The summed E-state index contributed by atoms with van der Waals surface area (Å²) in [6.07, 6.45) is 0.956. The molecule has 2 aromatic rings. The van der Waals surface area contributed by atoms with Crippen molar-refractivity contribution in [2.75, 3.05) is 0 Å². The predicted molar refractivity (Wildman–Crippen MR) is 159 cm³/mol. The summed E-state index contributed by atoms with van der Waals surface area (Å²) in [6, 6.07) is 11.1. The van der Waals surface area contributed by atoms with E-state index in [0.717, 1.165) is 23.6 Å². The normalized spacial score (nSPS) is 33.2. The van der Waals surface area contributed by atoms with Gasteiger partial charge in [0, 0.05) is 16.7 Å². The lowest BCUT2D eigenvalue weighted by atomic mass is 9.41. The molecule has 0 bridgehead atoms. The fraction of sp³-hybridized carbons (Fsp3) is 0.400. The molecule has 5 N–H and O–H groups in total. The topological polar surface area (TPSA) is 152 Å². The molecule has 6 rings (SSSR count). The van der Waals surface area contributed by atoms with Crippen molar-refractivity contribution in [2.45, 2.75) is 65.6 Å². The lowest BCUT2D eigenvalue weighted by molar-refractivity contribution is -0.211. The average molecular weight is 585 g/mol. The van der Waals surface area contributed by atoms with Gasteiger partial charge in [-0.3, -0.25) is 14.4 Å². The first-order valence-electron chi connectivity index (χ1n) is 14.6. The largest absolute Gasteiger partial charge is 0.511 e.